The maximum absolute atomic E-state index is 13.2. The first-order valence-electron chi connectivity index (χ1n) is 15.1. The number of halogens is 6. The van der Waals surface area contributed by atoms with Crippen LogP contribution in [-0.2, 0) is 15.8 Å². The fourth-order valence-corrected chi connectivity index (χ4v) is 5.28. The number of amides is 1. The van der Waals surface area contributed by atoms with Crippen LogP contribution in [0.5, 0.6) is 5.75 Å². The lowest BCUT2D eigenvalue weighted by Crippen LogP contribution is -2.18. The highest BCUT2D eigenvalue weighted by Gasteiger charge is 2.32. The van der Waals surface area contributed by atoms with Crippen molar-refractivity contribution in [1.82, 2.24) is 29.5 Å². The molecule has 0 saturated carbocycles. The minimum Gasteiger partial charge on any atom is -0.406 e. The van der Waals surface area contributed by atoms with Gasteiger partial charge < -0.3 is 4.74 Å². The number of ether oxygens (including phenoxy) is 1. The molecule has 0 aliphatic rings. The number of hydrogen-bond acceptors (Lipinski definition) is 8. The van der Waals surface area contributed by atoms with Gasteiger partial charge in [0.15, 0.2) is 11.6 Å². The molecular weight excluding hydrogens is 710 g/mol. The Hall–Kier alpha value is -7.10. The molecule has 0 bridgehead atoms. The predicted molar refractivity (Wildman–Crippen MR) is 173 cm³/mol. The molecule has 6 aromatic rings. The van der Waals surface area contributed by atoms with Crippen LogP contribution in [0.25, 0.3) is 44.6 Å². The smallest absolute Gasteiger partial charge is 0.406 e. The number of isocyanates is 1. The maximum Gasteiger partial charge on any atom is 0.573 e. The number of azide groups is 1. The Morgan fingerprint density at radius 1 is 0.736 bits per heavy atom. The first-order chi connectivity index (χ1) is 25.3. The molecule has 0 aliphatic carbocycles. The molecule has 0 spiro atoms. The third-order valence-electron chi connectivity index (χ3n) is 7.73. The Morgan fingerprint density at radius 2 is 1.23 bits per heavy atom. The fraction of sp³-hybridized carbons (Fsp3) is 0.118. The third-order valence-corrected chi connectivity index (χ3v) is 7.73. The fourth-order valence-electron chi connectivity index (χ4n) is 5.28. The molecule has 0 aliphatic heterocycles. The summed E-state index contributed by atoms with van der Waals surface area (Å²) in [6, 6.07) is 20.7. The van der Waals surface area contributed by atoms with Gasteiger partial charge in [0.25, 0.3) is 0 Å². The van der Waals surface area contributed by atoms with Gasteiger partial charge in [-0.3, -0.25) is 4.79 Å². The van der Waals surface area contributed by atoms with Crippen molar-refractivity contribution in [3.63, 3.8) is 0 Å². The third kappa shape index (κ3) is 8.28. The number of alkyl halides is 6. The molecule has 0 saturated heterocycles. The molecule has 2 atom stereocenters. The van der Waals surface area contributed by atoms with E-state index in [1.165, 1.54) is 64.5 Å². The van der Waals surface area contributed by atoms with Gasteiger partial charge in [-0.1, -0.05) is 48.5 Å². The van der Waals surface area contributed by atoms with Crippen molar-refractivity contribution in [2.45, 2.75) is 24.5 Å². The monoisotopic (exact) mass is 730 g/mol. The summed E-state index contributed by atoms with van der Waals surface area (Å²) < 4.78 is 82.9. The van der Waals surface area contributed by atoms with Crippen molar-refractivity contribution in [3.05, 3.63) is 137 Å². The topological polar surface area (TPSA) is 166 Å². The molecule has 6 rings (SSSR count). The summed E-state index contributed by atoms with van der Waals surface area (Å²) in [6.45, 7) is 0. The molecule has 2 unspecified atom stereocenters. The molecule has 19 heteroatoms. The van der Waals surface area contributed by atoms with E-state index in [0.717, 1.165) is 24.3 Å². The van der Waals surface area contributed by atoms with Crippen LogP contribution in [0.15, 0.2) is 120 Å². The van der Waals surface area contributed by atoms with E-state index in [0.29, 0.717) is 33.6 Å². The molecular formula is C34H20F6N10O3. The number of rotatable bonds is 10. The zero-order valence-electron chi connectivity index (χ0n) is 26.5. The lowest BCUT2D eigenvalue weighted by atomic mass is 9.86. The van der Waals surface area contributed by atoms with Crippen LogP contribution in [0.3, 0.4) is 0 Å². The zero-order valence-corrected chi connectivity index (χ0v) is 26.5. The van der Waals surface area contributed by atoms with Gasteiger partial charge in [-0.15, -0.1) is 23.4 Å². The van der Waals surface area contributed by atoms with Crippen molar-refractivity contribution in [1.29, 1.82) is 0 Å². The van der Waals surface area contributed by atoms with Gasteiger partial charge in [0.05, 0.1) is 22.9 Å². The lowest BCUT2D eigenvalue weighted by molar-refractivity contribution is -0.274. The molecule has 0 fully saturated rings. The average Bonchev–Trinajstić information content (AvgIpc) is 3.83. The molecule has 266 valence electrons. The first kappa shape index (κ1) is 35.7. The highest BCUT2D eigenvalue weighted by molar-refractivity contribution is 5.86. The molecule has 2 aromatic heterocycles. The predicted octanol–water partition coefficient (Wildman–Crippen LogP) is 8.10. The van der Waals surface area contributed by atoms with Crippen molar-refractivity contribution in [2.75, 3.05) is 0 Å². The Morgan fingerprint density at radius 3 is 1.68 bits per heavy atom. The summed E-state index contributed by atoms with van der Waals surface area (Å²) in [6.07, 6.45) is -5.17. The van der Waals surface area contributed by atoms with E-state index in [-0.39, 0.29) is 11.6 Å². The largest absolute Gasteiger partial charge is 0.573 e. The van der Waals surface area contributed by atoms with Gasteiger partial charge in [0.1, 0.15) is 24.4 Å². The van der Waals surface area contributed by atoms with Gasteiger partial charge in [-0.25, -0.2) is 24.1 Å². The summed E-state index contributed by atoms with van der Waals surface area (Å²) in [7, 11) is 0. The maximum atomic E-state index is 13.2. The van der Waals surface area contributed by atoms with Crippen LogP contribution in [0.2, 0.25) is 0 Å². The van der Waals surface area contributed by atoms with Gasteiger partial charge in [0, 0.05) is 16.0 Å². The van der Waals surface area contributed by atoms with Crippen molar-refractivity contribution in [3.8, 4) is 39.9 Å². The summed E-state index contributed by atoms with van der Waals surface area (Å²) >= 11 is 0. The Labute approximate surface area is 293 Å². The van der Waals surface area contributed by atoms with Gasteiger partial charge in [0.2, 0.25) is 12.0 Å². The molecule has 0 N–H and O–H groups in total. The van der Waals surface area contributed by atoms with Crippen LogP contribution in [0.4, 0.5) is 26.3 Å². The quantitative estimate of drug-likeness (QED) is 0.0343. The van der Waals surface area contributed by atoms with E-state index >= 15 is 0 Å². The minimum atomic E-state index is -4.83. The summed E-state index contributed by atoms with van der Waals surface area (Å²) in [5.41, 5.74) is 10.6. The highest BCUT2D eigenvalue weighted by atomic mass is 19.4. The second-order valence-corrected chi connectivity index (χ2v) is 11.0. The Bertz CT molecular complexity index is 2330. The molecule has 1 amide bonds. The summed E-state index contributed by atoms with van der Waals surface area (Å²) in [5, 5.41) is 11.9. The van der Waals surface area contributed by atoms with Crippen molar-refractivity contribution >= 4 is 12.0 Å². The molecule has 0 radical (unpaired) electrons. The number of benzene rings is 4. The molecule has 53 heavy (non-hydrogen) atoms. The van der Waals surface area contributed by atoms with Crippen LogP contribution >= 0.6 is 0 Å². The normalized spacial score (nSPS) is 12.6. The molecule has 2 heterocycles. The van der Waals surface area contributed by atoms with Crippen LogP contribution in [0.1, 0.15) is 28.7 Å². The van der Waals surface area contributed by atoms with E-state index in [1.54, 1.807) is 36.4 Å². The number of aromatic nitrogens is 6. The Balaban J connectivity index is 1.23. The van der Waals surface area contributed by atoms with Crippen molar-refractivity contribution < 1.29 is 40.7 Å². The van der Waals surface area contributed by atoms with Crippen LogP contribution < -0.4 is 4.74 Å². The van der Waals surface area contributed by atoms with Gasteiger partial charge in [-0.05, 0) is 70.3 Å². The lowest BCUT2D eigenvalue weighted by Gasteiger charge is -2.21. The highest BCUT2D eigenvalue weighted by Crippen LogP contribution is 2.37. The van der Waals surface area contributed by atoms with E-state index < -0.39 is 41.7 Å². The van der Waals surface area contributed by atoms with E-state index in [9.17, 15) is 35.9 Å². The zero-order chi connectivity index (χ0) is 37.8. The van der Waals surface area contributed by atoms with E-state index in [4.69, 9.17) is 5.53 Å². The number of carbonyl (C=O) groups excluding carboxylic acids is 2. The summed E-state index contributed by atoms with van der Waals surface area (Å²) in [4.78, 5) is 39.7. The molecule has 13 nitrogen and oxygen atoms in total. The second-order valence-electron chi connectivity index (χ2n) is 11.0. The van der Waals surface area contributed by atoms with Crippen LogP contribution in [0, 0.1) is 0 Å². The number of aliphatic imine (C=N–C) groups is 1. The van der Waals surface area contributed by atoms with Crippen LogP contribution in [-0.4, -0.2) is 47.9 Å². The van der Waals surface area contributed by atoms with E-state index in [1.807, 2.05) is 0 Å². The first-order valence-corrected chi connectivity index (χ1v) is 15.1. The van der Waals surface area contributed by atoms with Crippen molar-refractivity contribution in [2.24, 2.45) is 10.1 Å². The van der Waals surface area contributed by atoms with Gasteiger partial charge >= 0.3 is 12.5 Å². The number of hydrogen-bond donors (Lipinski definition) is 0. The van der Waals surface area contributed by atoms with E-state index in [2.05, 4.69) is 39.9 Å². The summed E-state index contributed by atoms with van der Waals surface area (Å²) in [5.74, 6) is -2.15. The second kappa shape index (κ2) is 14.6. The SMILES string of the molecule is [N-]=[N+]=NC(=O)C(c1ccc(-c2ncn(-c3ccc(C(F)(F)F)cc3)n2)cc1)C(N=C=O)c1ccc(-c2ncn(-c3ccc(OC(F)(F)F)cc3)n2)cc1. The van der Waals surface area contributed by atoms with Gasteiger partial charge in [-0.2, -0.15) is 18.2 Å². The number of carbonyl (C=O) groups is 1. The average molecular weight is 731 g/mol. The minimum absolute atomic E-state index is 0.218. The number of nitrogens with zero attached hydrogens (tertiary/aromatic N) is 10. The Kier molecular flexibility index (Phi) is 9.86. The molecule has 4 aromatic carbocycles. The standard InChI is InChI=1S/C34H20F6N10O3/c35-33(36,37)24-9-11-25(12-10-24)49-17-42-30(46-49)22-5-1-20(2-6-22)28(32(52)45-48-41)29(44-19-51)21-3-7-23(8-4-21)31-43-18-50(47-31)26-13-15-27(16-14-26)53-34(38,39)40/h1-18,28-29H.